The highest BCUT2D eigenvalue weighted by Crippen LogP contribution is 2.11. The van der Waals surface area contributed by atoms with E-state index in [0.717, 1.165) is 42.6 Å². The van der Waals surface area contributed by atoms with Gasteiger partial charge in [-0.3, -0.25) is 4.79 Å². The highest BCUT2D eigenvalue weighted by atomic mass is 79.9. The van der Waals surface area contributed by atoms with Gasteiger partial charge >= 0.3 is 0 Å². The molecule has 1 fully saturated rings. The number of hydrogen-bond acceptors (Lipinski definition) is 3. The fraction of sp³-hybridized carbons (Fsp3) is 0.545. The second-order valence-corrected chi connectivity index (χ2v) is 4.82. The van der Waals surface area contributed by atoms with E-state index in [4.69, 9.17) is 0 Å². The summed E-state index contributed by atoms with van der Waals surface area (Å²) in [6.07, 6.45) is 7.05. The van der Waals surface area contributed by atoms with Gasteiger partial charge < -0.3 is 4.90 Å². The molecule has 0 N–H and O–H groups in total. The Morgan fingerprint density at radius 1 is 1.31 bits per heavy atom. The van der Waals surface area contributed by atoms with Crippen LogP contribution in [0, 0.1) is 0 Å². The summed E-state index contributed by atoms with van der Waals surface area (Å²) in [6, 6.07) is 0. The maximum atomic E-state index is 11.5. The van der Waals surface area contributed by atoms with E-state index in [0.29, 0.717) is 6.42 Å². The molecule has 0 atom stereocenters. The molecule has 2 heterocycles. The largest absolute Gasteiger partial charge is 0.342 e. The Labute approximate surface area is 103 Å². The molecule has 0 unspecified atom stereocenters. The van der Waals surface area contributed by atoms with Crippen LogP contribution >= 0.6 is 15.9 Å². The summed E-state index contributed by atoms with van der Waals surface area (Å²) in [5.74, 6) is 1.06. The van der Waals surface area contributed by atoms with Gasteiger partial charge in [0, 0.05) is 38.3 Å². The van der Waals surface area contributed by atoms with Crippen LogP contribution in [0.5, 0.6) is 0 Å². The number of rotatable bonds is 3. The number of aromatic nitrogens is 2. The standard InChI is InChI=1S/C11H14BrN3O/c12-9-7-13-10(14-8-9)4-6-15-5-2-1-3-11(15)16/h7-8H,1-6H2. The number of halogens is 1. The van der Waals surface area contributed by atoms with Crippen molar-refractivity contribution < 1.29 is 4.79 Å². The van der Waals surface area contributed by atoms with Crippen molar-refractivity contribution in [2.75, 3.05) is 13.1 Å². The molecule has 1 saturated heterocycles. The second-order valence-electron chi connectivity index (χ2n) is 3.91. The predicted octanol–water partition coefficient (Wildman–Crippen LogP) is 1.79. The third-order valence-corrected chi connectivity index (χ3v) is 3.11. The van der Waals surface area contributed by atoms with Gasteiger partial charge in [-0.1, -0.05) is 0 Å². The van der Waals surface area contributed by atoms with Crippen molar-refractivity contribution in [1.29, 1.82) is 0 Å². The molecule has 86 valence electrons. The van der Waals surface area contributed by atoms with E-state index in [2.05, 4.69) is 25.9 Å². The quantitative estimate of drug-likeness (QED) is 0.850. The Hall–Kier alpha value is -0.970. The zero-order chi connectivity index (χ0) is 11.4. The van der Waals surface area contributed by atoms with Crippen LogP contribution in [0.2, 0.25) is 0 Å². The SMILES string of the molecule is O=C1CCCCN1CCc1ncc(Br)cn1. The molecule has 1 aromatic rings. The summed E-state index contributed by atoms with van der Waals surface area (Å²) in [6.45, 7) is 1.62. The number of nitrogens with zero attached hydrogens (tertiary/aromatic N) is 3. The van der Waals surface area contributed by atoms with Gasteiger partial charge in [0.05, 0.1) is 4.47 Å². The maximum absolute atomic E-state index is 11.5. The molecule has 0 aliphatic carbocycles. The van der Waals surface area contributed by atoms with Crippen LogP contribution in [-0.4, -0.2) is 33.9 Å². The van der Waals surface area contributed by atoms with E-state index in [1.165, 1.54) is 0 Å². The van der Waals surface area contributed by atoms with Gasteiger partial charge in [-0.05, 0) is 28.8 Å². The van der Waals surface area contributed by atoms with Crippen molar-refractivity contribution in [1.82, 2.24) is 14.9 Å². The van der Waals surface area contributed by atoms with Gasteiger partial charge in [-0.15, -0.1) is 0 Å². The van der Waals surface area contributed by atoms with Crippen molar-refractivity contribution >= 4 is 21.8 Å². The average molecular weight is 284 g/mol. The summed E-state index contributed by atoms with van der Waals surface area (Å²) in [7, 11) is 0. The van der Waals surface area contributed by atoms with Crippen LogP contribution in [0.1, 0.15) is 25.1 Å². The molecule has 16 heavy (non-hydrogen) atoms. The summed E-state index contributed by atoms with van der Waals surface area (Å²) in [5, 5.41) is 0. The molecule has 1 aliphatic heterocycles. The third kappa shape index (κ3) is 3.01. The van der Waals surface area contributed by atoms with Gasteiger partial charge in [0.1, 0.15) is 5.82 Å². The van der Waals surface area contributed by atoms with Crippen LogP contribution < -0.4 is 0 Å². The topological polar surface area (TPSA) is 46.1 Å². The molecule has 1 aliphatic rings. The lowest BCUT2D eigenvalue weighted by atomic mass is 10.1. The molecule has 0 saturated carbocycles. The number of amides is 1. The number of piperidine rings is 1. The predicted molar refractivity (Wildman–Crippen MR) is 63.9 cm³/mol. The molecule has 5 heteroatoms. The molecular weight excluding hydrogens is 270 g/mol. The summed E-state index contributed by atoms with van der Waals surface area (Å²) >= 11 is 3.29. The first-order chi connectivity index (χ1) is 7.75. The second kappa shape index (κ2) is 5.39. The first-order valence-corrected chi connectivity index (χ1v) is 6.29. The maximum Gasteiger partial charge on any atom is 0.222 e. The fourth-order valence-corrected chi connectivity index (χ4v) is 2.01. The zero-order valence-electron chi connectivity index (χ0n) is 9.03. The van der Waals surface area contributed by atoms with Crippen molar-refractivity contribution in [3.8, 4) is 0 Å². The minimum absolute atomic E-state index is 0.267. The van der Waals surface area contributed by atoms with Gasteiger partial charge in [-0.2, -0.15) is 0 Å². The van der Waals surface area contributed by atoms with Crippen LogP contribution in [0.25, 0.3) is 0 Å². The zero-order valence-corrected chi connectivity index (χ0v) is 10.6. The van der Waals surface area contributed by atoms with Crippen molar-refractivity contribution in [3.05, 3.63) is 22.7 Å². The summed E-state index contributed by atoms with van der Waals surface area (Å²) in [4.78, 5) is 21.8. The number of hydrogen-bond donors (Lipinski definition) is 0. The van der Waals surface area contributed by atoms with Crippen LogP contribution in [-0.2, 0) is 11.2 Å². The highest BCUT2D eigenvalue weighted by molar-refractivity contribution is 9.10. The van der Waals surface area contributed by atoms with Gasteiger partial charge in [0.2, 0.25) is 5.91 Å². The lowest BCUT2D eigenvalue weighted by Gasteiger charge is -2.26. The van der Waals surface area contributed by atoms with Crippen LogP contribution in [0.3, 0.4) is 0 Å². The van der Waals surface area contributed by atoms with Crippen molar-refractivity contribution in [2.45, 2.75) is 25.7 Å². The van der Waals surface area contributed by atoms with E-state index in [9.17, 15) is 4.79 Å². The Morgan fingerprint density at radius 2 is 2.06 bits per heavy atom. The summed E-state index contributed by atoms with van der Waals surface area (Å²) in [5.41, 5.74) is 0. The van der Waals surface area contributed by atoms with Crippen molar-refractivity contribution in [3.63, 3.8) is 0 Å². The van der Waals surface area contributed by atoms with Gasteiger partial charge in [0.25, 0.3) is 0 Å². The van der Waals surface area contributed by atoms with Crippen molar-refractivity contribution in [2.24, 2.45) is 0 Å². The molecule has 0 aromatic carbocycles. The molecule has 1 amide bonds. The van der Waals surface area contributed by atoms with E-state index in [-0.39, 0.29) is 5.91 Å². The Bertz CT molecular complexity index is 366. The summed E-state index contributed by atoms with van der Waals surface area (Å²) < 4.78 is 0.880. The molecule has 1 aromatic heterocycles. The monoisotopic (exact) mass is 283 g/mol. The number of carbonyl (C=O) groups excluding carboxylic acids is 1. The number of carbonyl (C=O) groups is 1. The average Bonchev–Trinajstić information content (AvgIpc) is 2.30. The Balaban J connectivity index is 1.86. The minimum atomic E-state index is 0.267. The van der Waals surface area contributed by atoms with Gasteiger partial charge in [0.15, 0.2) is 0 Å². The van der Waals surface area contributed by atoms with E-state index in [1.54, 1.807) is 12.4 Å². The minimum Gasteiger partial charge on any atom is -0.342 e. The fourth-order valence-electron chi connectivity index (χ4n) is 1.80. The molecule has 0 radical (unpaired) electrons. The third-order valence-electron chi connectivity index (χ3n) is 2.70. The Morgan fingerprint density at radius 3 is 2.75 bits per heavy atom. The molecule has 4 nitrogen and oxygen atoms in total. The smallest absolute Gasteiger partial charge is 0.222 e. The molecular formula is C11H14BrN3O. The lowest BCUT2D eigenvalue weighted by molar-refractivity contribution is -0.133. The van der Waals surface area contributed by atoms with E-state index in [1.807, 2.05) is 4.90 Å². The first-order valence-electron chi connectivity index (χ1n) is 5.50. The van der Waals surface area contributed by atoms with E-state index >= 15 is 0 Å². The highest BCUT2D eigenvalue weighted by Gasteiger charge is 2.17. The molecule has 2 rings (SSSR count). The van der Waals surface area contributed by atoms with Crippen LogP contribution in [0.15, 0.2) is 16.9 Å². The molecule has 0 spiro atoms. The lowest BCUT2D eigenvalue weighted by Crippen LogP contribution is -2.36. The first kappa shape index (κ1) is 11.5. The van der Waals surface area contributed by atoms with E-state index < -0.39 is 0 Å². The molecule has 0 bridgehead atoms. The Kier molecular flexibility index (Phi) is 3.88. The number of likely N-dealkylation sites (tertiary alicyclic amines) is 1. The van der Waals surface area contributed by atoms with Gasteiger partial charge in [-0.25, -0.2) is 9.97 Å². The van der Waals surface area contributed by atoms with Crippen LogP contribution in [0.4, 0.5) is 0 Å². The normalized spacial score (nSPS) is 16.6.